The molecule has 20 heavy (non-hydrogen) atoms. The van der Waals surface area contributed by atoms with Crippen molar-refractivity contribution >= 4 is 16.5 Å². The minimum absolute atomic E-state index is 0.429. The van der Waals surface area contributed by atoms with Gasteiger partial charge in [0.05, 0.1) is 0 Å². The number of aromatic nitrogens is 1. The number of rotatable bonds is 3. The molecule has 2 aromatic carbocycles. The summed E-state index contributed by atoms with van der Waals surface area (Å²) >= 11 is 0. The van der Waals surface area contributed by atoms with Crippen molar-refractivity contribution in [2.75, 3.05) is 5.32 Å². The molecule has 0 amide bonds. The first kappa shape index (κ1) is 12.5. The molecule has 0 fully saturated rings. The lowest BCUT2D eigenvalue weighted by Crippen LogP contribution is -2.01. The highest BCUT2D eigenvalue weighted by Crippen LogP contribution is 2.22. The molecule has 100 valence electrons. The van der Waals surface area contributed by atoms with Crippen LogP contribution in [-0.4, -0.2) is 4.98 Å². The van der Waals surface area contributed by atoms with Crippen LogP contribution in [0.25, 0.3) is 10.8 Å². The summed E-state index contributed by atoms with van der Waals surface area (Å²) in [6.07, 6.45) is 3.52. The second-order valence-corrected chi connectivity index (χ2v) is 4.50. The molecular formula is C16H12F2N2. The van der Waals surface area contributed by atoms with Crippen molar-refractivity contribution < 1.29 is 8.78 Å². The van der Waals surface area contributed by atoms with Crippen molar-refractivity contribution in [1.29, 1.82) is 0 Å². The van der Waals surface area contributed by atoms with Crippen molar-refractivity contribution in [3.63, 3.8) is 0 Å². The predicted octanol–water partition coefficient (Wildman–Crippen LogP) is 4.13. The number of pyridine rings is 1. The Morgan fingerprint density at radius 1 is 1.00 bits per heavy atom. The van der Waals surface area contributed by atoms with Crippen LogP contribution in [-0.2, 0) is 6.54 Å². The maximum absolute atomic E-state index is 13.1. The number of anilines is 1. The van der Waals surface area contributed by atoms with E-state index in [1.807, 2.05) is 24.3 Å². The summed E-state index contributed by atoms with van der Waals surface area (Å²) in [4.78, 5) is 4.07. The molecule has 0 spiro atoms. The van der Waals surface area contributed by atoms with E-state index in [2.05, 4.69) is 10.3 Å². The third-order valence-corrected chi connectivity index (χ3v) is 3.15. The Balaban J connectivity index is 1.85. The molecule has 2 nitrogen and oxygen atoms in total. The van der Waals surface area contributed by atoms with Crippen LogP contribution in [0.3, 0.4) is 0 Å². The number of halogens is 2. The molecule has 1 aromatic heterocycles. The Bertz CT molecular complexity index is 751. The van der Waals surface area contributed by atoms with E-state index in [9.17, 15) is 8.78 Å². The van der Waals surface area contributed by atoms with Gasteiger partial charge in [-0.2, -0.15) is 0 Å². The van der Waals surface area contributed by atoms with Crippen molar-refractivity contribution in [3.8, 4) is 0 Å². The number of nitrogens with one attached hydrogen (secondary N) is 1. The average molecular weight is 270 g/mol. The first-order valence-electron chi connectivity index (χ1n) is 6.24. The minimum atomic E-state index is -0.829. The Morgan fingerprint density at radius 3 is 2.75 bits per heavy atom. The first-order valence-corrected chi connectivity index (χ1v) is 6.24. The van der Waals surface area contributed by atoms with Gasteiger partial charge in [-0.1, -0.05) is 18.2 Å². The molecule has 1 N–H and O–H groups in total. The SMILES string of the molecule is Fc1ccc(CNc2cccc3cnccc23)cc1F. The van der Waals surface area contributed by atoms with Gasteiger partial charge in [-0.15, -0.1) is 0 Å². The maximum Gasteiger partial charge on any atom is 0.159 e. The lowest BCUT2D eigenvalue weighted by atomic mass is 10.1. The van der Waals surface area contributed by atoms with Crippen LogP contribution in [0.2, 0.25) is 0 Å². The van der Waals surface area contributed by atoms with Crippen LogP contribution < -0.4 is 5.32 Å². The zero-order valence-electron chi connectivity index (χ0n) is 10.6. The molecule has 0 aliphatic carbocycles. The van der Waals surface area contributed by atoms with E-state index in [1.54, 1.807) is 18.5 Å². The van der Waals surface area contributed by atoms with Gasteiger partial charge in [0.15, 0.2) is 11.6 Å². The van der Waals surface area contributed by atoms with E-state index < -0.39 is 11.6 Å². The van der Waals surface area contributed by atoms with E-state index in [1.165, 1.54) is 6.07 Å². The standard InChI is InChI=1S/C16H12F2N2/c17-14-5-4-11(8-15(14)18)9-20-16-3-1-2-12-10-19-7-6-13(12)16/h1-8,10,20H,9H2. The van der Waals surface area contributed by atoms with E-state index in [0.717, 1.165) is 22.5 Å². The highest BCUT2D eigenvalue weighted by Gasteiger charge is 2.04. The summed E-state index contributed by atoms with van der Waals surface area (Å²) < 4.78 is 26.0. The monoisotopic (exact) mass is 270 g/mol. The molecule has 1 heterocycles. The van der Waals surface area contributed by atoms with Gasteiger partial charge in [-0.25, -0.2) is 8.78 Å². The van der Waals surface area contributed by atoms with Crippen LogP contribution in [0.15, 0.2) is 54.9 Å². The van der Waals surface area contributed by atoms with Crippen molar-refractivity contribution in [1.82, 2.24) is 4.98 Å². The number of hydrogen-bond donors (Lipinski definition) is 1. The number of benzene rings is 2. The summed E-state index contributed by atoms with van der Waals surface area (Å²) in [7, 11) is 0. The fraction of sp³-hybridized carbons (Fsp3) is 0.0625. The lowest BCUT2D eigenvalue weighted by Gasteiger charge is -2.10. The molecular weight excluding hydrogens is 258 g/mol. The van der Waals surface area contributed by atoms with E-state index in [4.69, 9.17) is 0 Å². The van der Waals surface area contributed by atoms with Crippen LogP contribution >= 0.6 is 0 Å². The number of fused-ring (bicyclic) bond motifs is 1. The topological polar surface area (TPSA) is 24.9 Å². The van der Waals surface area contributed by atoms with Crippen molar-refractivity contribution in [2.24, 2.45) is 0 Å². The largest absolute Gasteiger partial charge is 0.380 e. The van der Waals surface area contributed by atoms with Crippen molar-refractivity contribution in [3.05, 3.63) is 72.1 Å². The van der Waals surface area contributed by atoms with E-state index >= 15 is 0 Å². The molecule has 0 atom stereocenters. The van der Waals surface area contributed by atoms with E-state index in [-0.39, 0.29) is 0 Å². The Kier molecular flexibility index (Phi) is 3.29. The van der Waals surface area contributed by atoms with Gasteiger partial charge in [0.2, 0.25) is 0 Å². The zero-order chi connectivity index (χ0) is 13.9. The lowest BCUT2D eigenvalue weighted by molar-refractivity contribution is 0.507. The first-order chi connectivity index (χ1) is 9.74. The molecule has 0 saturated carbocycles. The van der Waals surface area contributed by atoms with Gasteiger partial charge >= 0.3 is 0 Å². The van der Waals surface area contributed by atoms with Gasteiger partial charge in [0.25, 0.3) is 0 Å². The summed E-state index contributed by atoms with van der Waals surface area (Å²) in [5, 5.41) is 5.31. The second-order valence-electron chi connectivity index (χ2n) is 4.50. The molecule has 0 aliphatic heterocycles. The van der Waals surface area contributed by atoms with Gasteiger partial charge in [-0.05, 0) is 29.8 Å². The highest BCUT2D eigenvalue weighted by molar-refractivity contribution is 5.93. The van der Waals surface area contributed by atoms with Crippen LogP contribution in [0.4, 0.5) is 14.5 Å². The predicted molar refractivity (Wildman–Crippen MR) is 75.4 cm³/mol. The maximum atomic E-state index is 13.1. The van der Waals surface area contributed by atoms with Gasteiger partial charge < -0.3 is 5.32 Å². The zero-order valence-corrected chi connectivity index (χ0v) is 10.6. The summed E-state index contributed by atoms with van der Waals surface area (Å²) in [6, 6.07) is 11.7. The van der Waals surface area contributed by atoms with Gasteiger partial charge in [-0.3, -0.25) is 4.98 Å². The normalized spacial score (nSPS) is 10.7. The molecule has 0 radical (unpaired) electrons. The third-order valence-electron chi connectivity index (χ3n) is 3.15. The van der Waals surface area contributed by atoms with E-state index in [0.29, 0.717) is 12.1 Å². The number of hydrogen-bond acceptors (Lipinski definition) is 2. The third kappa shape index (κ3) is 2.45. The Morgan fingerprint density at radius 2 is 1.90 bits per heavy atom. The summed E-state index contributed by atoms with van der Waals surface area (Å²) in [5.41, 5.74) is 1.63. The fourth-order valence-corrected chi connectivity index (χ4v) is 2.12. The Labute approximate surface area is 115 Å². The van der Waals surface area contributed by atoms with Crippen LogP contribution in [0.5, 0.6) is 0 Å². The molecule has 0 unspecified atom stereocenters. The second kappa shape index (κ2) is 5.25. The summed E-state index contributed by atoms with van der Waals surface area (Å²) in [6.45, 7) is 0.429. The molecule has 4 heteroatoms. The molecule has 0 saturated heterocycles. The number of nitrogens with zero attached hydrogens (tertiary/aromatic N) is 1. The quantitative estimate of drug-likeness (QED) is 0.774. The summed E-state index contributed by atoms with van der Waals surface area (Å²) in [5.74, 6) is -1.66. The molecule has 3 rings (SSSR count). The fourth-order valence-electron chi connectivity index (χ4n) is 2.12. The smallest absolute Gasteiger partial charge is 0.159 e. The Hall–Kier alpha value is -2.49. The van der Waals surface area contributed by atoms with Gasteiger partial charge in [0.1, 0.15) is 0 Å². The van der Waals surface area contributed by atoms with Crippen LogP contribution in [0.1, 0.15) is 5.56 Å². The molecule has 0 bridgehead atoms. The van der Waals surface area contributed by atoms with Crippen LogP contribution in [0, 0.1) is 11.6 Å². The minimum Gasteiger partial charge on any atom is -0.380 e. The average Bonchev–Trinajstić information content (AvgIpc) is 2.48. The highest BCUT2D eigenvalue weighted by atomic mass is 19.2. The van der Waals surface area contributed by atoms with Gasteiger partial charge in [0, 0.05) is 35.4 Å². The van der Waals surface area contributed by atoms with Crippen molar-refractivity contribution in [2.45, 2.75) is 6.54 Å². The molecule has 0 aliphatic rings. The molecule has 3 aromatic rings.